The molecule has 0 bridgehead atoms. The minimum atomic E-state index is -3.27. The third kappa shape index (κ3) is 3.39. The van der Waals surface area contributed by atoms with Crippen molar-refractivity contribution in [3.63, 3.8) is 0 Å². The molecule has 1 heterocycles. The second kappa shape index (κ2) is 6.69. The zero-order valence-electron chi connectivity index (χ0n) is 15.2. The lowest BCUT2D eigenvalue weighted by Crippen LogP contribution is -2.38. The summed E-state index contributed by atoms with van der Waals surface area (Å²) in [4.78, 5) is 0. The molecule has 4 rings (SSSR count). The number of benzene rings is 3. The van der Waals surface area contributed by atoms with Crippen molar-refractivity contribution in [1.29, 1.82) is 0 Å². The zero-order chi connectivity index (χ0) is 19.0. The summed E-state index contributed by atoms with van der Waals surface area (Å²) in [6.07, 6.45) is -3.05. The van der Waals surface area contributed by atoms with Gasteiger partial charge in [0, 0.05) is 0 Å². The van der Waals surface area contributed by atoms with E-state index in [0.717, 1.165) is 22.3 Å². The molecule has 3 aromatic rings. The van der Waals surface area contributed by atoms with Gasteiger partial charge in [-0.1, -0.05) is 54.1 Å². The minimum absolute atomic E-state index is 0.225. The Labute approximate surface area is 157 Å². The molecule has 0 fully saturated rings. The number of aryl methyl sites for hydroxylation is 1. The Kier molecular flexibility index (Phi) is 4.34. The quantitative estimate of drug-likeness (QED) is 0.567. The first-order chi connectivity index (χ1) is 13.0. The van der Waals surface area contributed by atoms with E-state index in [0.29, 0.717) is 11.3 Å². The van der Waals surface area contributed by atoms with Crippen LogP contribution in [0.1, 0.15) is 22.6 Å². The predicted octanol–water partition coefficient (Wildman–Crippen LogP) is 5.98. The third-order valence-corrected chi connectivity index (χ3v) is 5.05. The number of ether oxygens (including phenoxy) is 2. The van der Waals surface area contributed by atoms with E-state index in [1.165, 1.54) is 0 Å². The van der Waals surface area contributed by atoms with Crippen LogP contribution in [0.25, 0.3) is 11.1 Å². The first-order valence-electron chi connectivity index (χ1n) is 8.87. The standard InChI is InChI=1S/C23H20F2O2/c1-15-3-5-16(6-4-15)18-7-8-19-13-21(23(24,25)27-22(19)14-18)17-9-11-20(26-2)12-10-17/h3-12,14,21H,13H2,1-2H3. The van der Waals surface area contributed by atoms with Gasteiger partial charge in [0.2, 0.25) is 0 Å². The molecule has 0 spiro atoms. The van der Waals surface area contributed by atoms with Gasteiger partial charge in [0.25, 0.3) is 0 Å². The molecule has 1 atom stereocenters. The van der Waals surface area contributed by atoms with Gasteiger partial charge in [-0.3, -0.25) is 0 Å². The van der Waals surface area contributed by atoms with Crippen molar-refractivity contribution in [1.82, 2.24) is 0 Å². The lowest BCUT2D eigenvalue weighted by atomic mass is 9.87. The fourth-order valence-electron chi connectivity index (χ4n) is 3.45. The van der Waals surface area contributed by atoms with Crippen molar-refractivity contribution in [3.05, 3.63) is 83.4 Å². The van der Waals surface area contributed by atoms with Gasteiger partial charge in [-0.05, 0) is 53.8 Å². The second-order valence-electron chi connectivity index (χ2n) is 6.88. The summed E-state index contributed by atoms with van der Waals surface area (Å²) in [7, 11) is 1.55. The van der Waals surface area contributed by atoms with Gasteiger partial charge in [0.05, 0.1) is 13.0 Å². The summed E-state index contributed by atoms with van der Waals surface area (Å²) in [5, 5.41) is 0. The number of rotatable bonds is 3. The highest BCUT2D eigenvalue weighted by Gasteiger charge is 2.47. The maximum Gasteiger partial charge on any atom is 0.405 e. The molecule has 4 heteroatoms. The molecule has 0 aromatic heterocycles. The SMILES string of the molecule is COc1ccc(C2Cc3ccc(-c4ccc(C)cc4)cc3OC2(F)F)cc1. The van der Waals surface area contributed by atoms with E-state index in [9.17, 15) is 8.78 Å². The highest BCUT2D eigenvalue weighted by atomic mass is 19.3. The summed E-state index contributed by atoms with van der Waals surface area (Å²) >= 11 is 0. The van der Waals surface area contributed by atoms with E-state index in [1.54, 1.807) is 37.4 Å². The highest BCUT2D eigenvalue weighted by Crippen LogP contribution is 2.45. The van der Waals surface area contributed by atoms with Gasteiger partial charge in [0.1, 0.15) is 11.5 Å². The molecule has 0 aliphatic carbocycles. The average Bonchev–Trinajstić information content (AvgIpc) is 2.67. The summed E-state index contributed by atoms with van der Waals surface area (Å²) in [6, 6.07) is 20.3. The van der Waals surface area contributed by atoms with E-state index in [-0.39, 0.29) is 12.2 Å². The van der Waals surface area contributed by atoms with Gasteiger partial charge in [-0.25, -0.2) is 0 Å². The Morgan fingerprint density at radius 3 is 2.26 bits per heavy atom. The van der Waals surface area contributed by atoms with Crippen molar-refractivity contribution in [2.75, 3.05) is 7.11 Å². The molecule has 3 aromatic carbocycles. The topological polar surface area (TPSA) is 18.5 Å². The Morgan fingerprint density at radius 1 is 0.926 bits per heavy atom. The second-order valence-corrected chi connectivity index (χ2v) is 6.88. The molecule has 1 aliphatic rings. The third-order valence-electron chi connectivity index (χ3n) is 5.05. The van der Waals surface area contributed by atoms with Crippen LogP contribution in [0.15, 0.2) is 66.7 Å². The number of hydrogen-bond donors (Lipinski definition) is 0. The number of alkyl halides is 2. The lowest BCUT2D eigenvalue weighted by molar-refractivity contribution is -0.201. The Morgan fingerprint density at radius 2 is 1.59 bits per heavy atom. The molecule has 0 radical (unpaired) electrons. The molecule has 2 nitrogen and oxygen atoms in total. The van der Waals surface area contributed by atoms with Gasteiger partial charge in [-0.2, -0.15) is 8.78 Å². The smallest absolute Gasteiger partial charge is 0.405 e. The molecule has 0 amide bonds. The normalized spacial score (nSPS) is 17.7. The van der Waals surface area contributed by atoms with Crippen LogP contribution in [-0.4, -0.2) is 13.2 Å². The molecule has 138 valence electrons. The van der Waals surface area contributed by atoms with E-state index in [2.05, 4.69) is 0 Å². The van der Waals surface area contributed by atoms with Crippen LogP contribution in [0.5, 0.6) is 11.5 Å². The van der Waals surface area contributed by atoms with Crippen LogP contribution >= 0.6 is 0 Å². The number of hydrogen-bond acceptors (Lipinski definition) is 2. The van der Waals surface area contributed by atoms with E-state index in [4.69, 9.17) is 9.47 Å². The fourth-order valence-corrected chi connectivity index (χ4v) is 3.45. The summed E-state index contributed by atoms with van der Waals surface area (Å²) in [6.45, 7) is 2.01. The van der Waals surface area contributed by atoms with Crippen LogP contribution in [0.4, 0.5) is 8.78 Å². The van der Waals surface area contributed by atoms with Crippen molar-refractivity contribution >= 4 is 0 Å². The maximum atomic E-state index is 14.7. The van der Waals surface area contributed by atoms with Gasteiger partial charge in [0.15, 0.2) is 0 Å². The lowest BCUT2D eigenvalue weighted by Gasteiger charge is -2.33. The first kappa shape index (κ1) is 17.5. The van der Waals surface area contributed by atoms with E-state index in [1.807, 2.05) is 43.3 Å². The van der Waals surface area contributed by atoms with Gasteiger partial charge in [-0.15, -0.1) is 0 Å². The van der Waals surface area contributed by atoms with Gasteiger partial charge >= 0.3 is 6.11 Å². The zero-order valence-corrected chi connectivity index (χ0v) is 15.2. The molecule has 0 N–H and O–H groups in total. The average molecular weight is 366 g/mol. The molecule has 27 heavy (non-hydrogen) atoms. The van der Waals surface area contributed by atoms with Crippen LogP contribution in [0.2, 0.25) is 0 Å². The molecule has 1 aliphatic heterocycles. The van der Waals surface area contributed by atoms with Crippen molar-refractivity contribution < 1.29 is 18.3 Å². The van der Waals surface area contributed by atoms with Crippen molar-refractivity contribution in [3.8, 4) is 22.6 Å². The first-order valence-corrected chi connectivity index (χ1v) is 8.87. The highest BCUT2D eigenvalue weighted by molar-refractivity contribution is 5.66. The van der Waals surface area contributed by atoms with Crippen molar-refractivity contribution in [2.24, 2.45) is 0 Å². The number of fused-ring (bicyclic) bond motifs is 1. The van der Waals surface area contributed by atoms with Gasteiger partial charge < -0.3 is 9.47 Å². The number of methoxy groups -OCH3 is 1. The van der Waals surface area contributed by atoms with Crippen LogP contribution in [-0.2, 0) is 6.42 Å². The Balaban J connectivity index is 1.66. The molecular formula is C23H20F2O2. The van der Waals surface area contributed by atoms with Crippen LogP contribution in [0, 0.1) is 6.92 Å². The molecule has 0 saturated heterocycles. The monoisotopic (exact) mass is 366 g/mol. The van der Waals surface area contributed by atoms with Crippen LogP contribution < -0.4 is 9.47 Å². The molecule has 1 unspecified atom stereocenters. The summed E-state index contributed by atoms with van der Waals surface area (Å²) < 4.78 is 39.8. The van der Waals surface area contributed by atoms with Crippen LogP contribution in [0.3, 0.4) is 0 Å². The largest absolute Gasteiger partial charge is 0.497 e. The minimum Gasteiger partial charge on any atom is -0.497 e. The number of halogens is 2. The maximum absolute atomic E-state index is 14.7. The summed E-state index contributed by atoms with van der Waals surface area (Å²) in [5.41, 5.74) is 4.33. The molecule has 0 saturated carbocycles. The molecular weight excluding hydrogens is 346 g/mol. The Hall–Kier alpha value is -2.88. The summed E-state index contributed by atoms with van der Waals surface area (Å²) in [5.74, 6) is -0.133. The van der Waals surface area contributed by atoms with E-state index < -0.39 is 12.0 Å². The predicted molar refractivity (Wildman–Crippen MR) is 102 cm³/mol. The van der Waals surface area contributed by atoms with E-state index >= 15 is 0 Å². The Bertz CT molecular complexity index is 947. The van der Waals surface area contributed by atoms with Crippen molar-refractivity contribution in [2.45, 2.75) is 25.4 Å². The fraction of sp³-hybridized carbons (Fsp3) is 0.217.